The molecule has 0 spiro atoms. The first-order valence-electron chi connectivity index (χ1n) is 6.78. The topological polar surface area (TPSA) is 37.3 Å². The predicted octanol–water partition coefficient (Wildman–Crippen LogP) is 4.38. The van der Waals surface area contributed by atoms with Crippen LogP contribution in [0.15, 0.2) is 18.2 Å². The lowest BCUT2D eigenvalue weighted by molar-refractivity contribution is -0.145. The Labute approximate surface area is 119 Å². The first-order valence-corrected chi connectivity index (χ1v) is 6.78. The number of hydrogen-bond donors (Lipinski definition) is 1. The molecule has 0 heterocycles. The summed E-state index contributed by atoms with van der Waals surface area (Å²) in [6, 6.07) is 2.43. The molecule has 1 fully saturated rings. The first kappa shape index (κ1) is 15.8. The summed E-state index contributed by atoms with van der Waals surface area (Å²) in [6.45, 7) is 1.47. The van der Waals surface area contributed by atoms with E-state index in [1.807, 2.05) is 0 Å². The van der Waals surface area contributed by atoms with Crippen LogP contribution in [0.2, 0.25) is 0 Å². The van der Waals surface area contributed by atoms with Crippen LogP contribution in [0.3, 0.4) is 0 Å². The minimum absolute atomic E-state index is 0.0902. The van der Waals surface area contributed by atoms with E-state index in [0.29, 0.717) is 18.9 Å². The number of halogens is 4. The van der Waals surface area contributed by atoms with Gasteiger partial charge in [0.25, 0.3) is 0 Å². The highest BCUT2D eigenvalue weighted by Gasteiger charge is 2.45. The van der Waals surface area contributed by atoms with E-state index < -0.39 is 28.9 Å². The summed E-state index contributed by atoms with van der Waals surface area (Å²) < 4.78 is 51.5. The molecule has 1 aromatic carbocycles. The van der Waals surface area contributed by atoms with E-state index in [1.165, 1.54) is 6.92 Å². The lowest BCUT2D eigenvalue weighted by Crippen LogP contribution is -2.39. The van der Waals surface area contributed by atoms with E-state index in [2.05, 4.69) is 0 Å². The minimum atomic E-state index is -4.78. The van der Waals surface area contributed by atoms with Crippen molar-refractivity contribution in [2.24, 2.45) is 5.92 Å². The molecule has 0 aromatic heterocycles. The van der Waals surface area contributed by atoms with E-state index in [4.69, 9.17) is 0 Å². The molecule has 1 N–H and O–H groups in total. The molecule has 0 bridgehead atoms. The van der Waals surface area contributed by atoms with Crippen molar-refractivity contribution in [3.63, 3.8) is 0 Å². The fourth-order valence-electron chi connectivity index (χ4n) is 3.10. The number of alkyl halides is 3. The highest BCUT2D eigenvalue weighted by Crippen LogP contribution is 2.43. The van der Waals surface area contributed by atoms with E-state index in [1.54, 1.807) is 0 Å². The molecule has 1 aromatic rings. The van der Waals surface area contributed by atoms with Gasteiger partial charge in [0.05, 0.1) is 11.0 Å². The van der Waals surface area contributed by atoms with Crippen LogP contribution in [-0.2, 0) is 16.4 Å². The Balaban J connectivity index is 2.47. The second-order valence-electron chi connectivity index (χ2n) is 5.68. The number of hydrogen-bond acceptors (Lipinski definition) is 1. The average Bonchev–Trinajstić information content (AvgIpc) is 2.89. The van der Waals surface area contributed by atoms with Crippen LogP contribution in [0.5, 0.6) is 0 Å². The van der Waals surface area contributed by atoms with E-state index >= 15 is 0 Å². The molecule has 6 heteroatoms. The third-order valence-corrected chi connectivity index (χ3v) is 4.49. The van der Waals surface area contributed by atoms with E-state index in [9.17, 15) is 27.5 Å². The molecule has 0 saturated heterocycles. The number of carboxylic acid groups (broad SMARTS) is 1. The van der Waals surface area contributed by atoms with Crippen LogP contribution in [0.1, 0.15) is 43.7 Å². The second kappa shape index (κ2) is 5.31. The summed E-state index contributed by atoms with van der Waals surface area (Å²) in [5.74, 6) is -2.75. The third-order valence-electron chi connectivity index (χ3n) is 4.49. The normalized spacial score (nSPS) is 19.5. The maximum atomic E-state index is 13.7. The molecule has 2 nitrogen and oxygen atoms in total. The van der Waals surface area contributed by atoms with Crippen molar-refractivity contribution in [3.05, 3.63) is 35.1 Å². The summed E-state index contributed by atoms with van der Waals surface area (Å²) in [5.41, 5.74) is -2.64. The van der Waals surface area contributed by atoms with Gasteiger partial charge in [-0.15, -0.1) is 0 Å². The largest absolute Gasteiger partial charge is 0.481 e. The Morgan fingerprint density at radius 2 is 1.81 bits per heavy atom. The average molecular weight is 304 g/mol. The van der Waals surface area contributed by atoms with Crippen molar-refractivity contribution >= 4 is 5.97 Å². The van der Waals surface area contributed by atoms with E-state index in [0.717, 1.165) is 25.0 Å². The molecule has 1 atom stereocenters. The van der Waals surface area contributed by atoms with Crippen molar-refractivity contribution in [2.75, 3.05) is 0 Å². The van der Waals surface area contributed by atoms with Gasteiger partial charge in [0.2, 0.25) is 0 Å². The number of carbonyl (C=O) groups is 1. The van der Waals surface area contributed by atoms with Crippen molar-refractivity contribution in [2.45, 2.75) is 44.2 Å². The van der Waals surface area contributed by atoms with Crippen molar-refractivity contribution in [3.8, 4) is 0 Å². The SMILES string of the molecule is CC(C(=O)O)(c1ccc(C(F)(F)F)c(F)c1)C1CCCC1. The predicted molar refractivity (Wildman–Crippen MR) is 68.3 cm³/mol. The number of rotatable bonds is 3. The fraction of sp³-hybridized carbons (Fsp3) is 0.533. The molecule has 1 saturated carbocycles. The van der Waals surface area contributed by atoms with Crippen molar-refractivity contribution < 1.29 is 27.5 Å². The van der Waals surface area contributed by atoms with Gasteiger partial charge in [0.1, 0.15) is 5.82 Å². The van der Waals surface area contributed by atoms with E-state index in [-0.39, 0.29) is 11.5 Å². The Hall–Kier alpha value is -1.59. The summed E-state index contributed by atoms with van der Waals surface area (Å²) in [6.07, 6.45) is -1.64. The molecule has 0 aliphatic heterocycles. The van der Waals surface area contributed by atoms with Crippen LogP contribution in [0, 0.1) is 11.7 Å². The number of carboxylic acids is 1. The maximum Gasteiger partial charge on any atom is 0.419 e. The minimum Gasteiger partial charge on any atom is -0.481 e. The molecule has 0 radical (unpaired) electrons. The molecule has 21 heavy (non-hydrogen) atoms. The molecule has 1 aliphatic rings. The maximum absolute atomic E-state index is 13.7. The second-order valence-corrected chi connectivity index (χ2v) is 5.68. The molecule has 1 aliphatic carbocycles. The molecule has 0 amide bonds. The van der Waals surface area contributed by atoms with Crippen LogP contribution in [0.25, 0.3) is 0 Å². The lowest BCUT2D eigenvalue weighted by atomic mass is 9.70. The molecule has 2 rings (SSSR count). The fourth-order valence-corrected chi connectivity index (χ4v) is 3.10. The van der Waals surface area contributed by atoms with Gasteiger partial charge in [-0.25, -0.2) is 4.39 Å². The summed E-state index contributed by atoms with van der Waals surface area (Å²) in [5, 5.41) is 9.52. The smallest absolute Gasteiger partial charge is 0.419 e. The zero-order valence-electron chi connectivity index (χ0n) is 11.5. The summed E-state index contributed by atoms with van der Waals surface area (Å²) in [7, 11) is 0. The van der Waals surface area contributed by atoms with Crippen LogP contribution in [-0.4, -0.2) is 11.1 Å². The van der Waals surface area contributed by atoms with Crippen LogP contribution < -0.4 is 0 Å². The monoisotopic (exact) mass is 304 g/mol. The Morgan fingerprint density at radius 1 is 1.24 bits per heavy atom. The lowest BCUT2D eigenvalue weighted by Gasteiger charge is -2.32. The van der Waals surface area contributed by atoms with Crippen molar-refractivity contribution in [1.82, 2.24) is 0 Å². The Bertz CT molecular complexity index is 547. The number of aliphatic carboxylic acids is 1. The molecule has 1 unspecified atom stereocenters. The van der Waals surface area contributed by atoms with Gasteiger partial charge in [-0.3, -0.25) is 4.79 Å². The standard InChI is InChI=1S/C15H16F4O2/c1-14(13(20)21,9-4-2-3-5-9)10-6-7-11(12(16)8-10)15(17,18)19/h6-9H,2-5H2,1H3,(H,20,21). The Morgan fingerprint density at radius 3 is 2.24 bits per heavy atom. The zero-order valence-corrected chi connectivity index (χ0v) is 11.5. The van der Waals surface area contributed by atoms with Crippen LogP contribution in [0.4, 0.5) is 17.6 Å². The quantitative estimate of drug-likeness (QED) is 0.842. The third kappa shape index (κ3) is 2.76. The molecule has 116 valence electrons. The van der Waals surface area contributed by atoms with Crippen molar-refractivity contribution in [1.29, 1.82) is 0 Å². The van der Waals surface area contributed by atoms with Gasteiger partial charge in [-0.1, -0.05) is 18.9 Å². The molecular formula is C15H16F4O2. The summed E-state index contributed by atoms with van der Waals surface area (Å²) >= 11 is 0. The molecular weight excluding hydrogens is 288 g/mol. The van der Waals surface area contributed by atoms with Gasteiger partial charge < -0.3 is 5.11 Å². The highest BCUT2D eigenvalue weighted by atomic mass is 19.4. The van der Waals surface area contributed by atoms with Crippen LogP contribution >= 0.6 is 0 Å². The highest BCUT2D eigenvalue weighted by molar-refractivity contribution is 5.81. The summed E-state index contributed by atoms with van der Waals surface area (Å²) in [4.78, 5) is 11.7. The van der Waals surface area contributed by atoms with Gasteiger partial charge in [0.15, 0.2) is 0 Å². The van der Waals surface area contributed by atoms with Gasteiger partial charge >= 0.3 is 12.1 Å². The first-order chi connectivity index (χ1) is 9.67. The van der Waals surface area contributed by atoms with Gasteiger partial charge in [-0.05, 0) is 43.4 Å². The van der Waals surface area contributed by atoms with Gasteiger partial charge in [-0.2, -0.15) is 13.2 Å². The Kier molecular flexibility index (Phi) is 4.00. The van der Waals surface area contributed by atoms with Gasteiger partial charge in [0, 0.05) is 0 Å². The zero-order chi connectivity index (χ0) is 15.8. The number of benzene rings is 1.